The minimum Gasteiger partial charge on any atom is -0.495 e. The van der Waals surface area contributed by atoms with Crippen LogP contribution < -0.4 is 14.8 Å². The molecule has 1 fully saturated rings. The van der Waals surface area contributed by atoms with Gasteiger partial charge in [-0.2, -0.15) is 0 Å². The van der Waals surface area contributed by atoms with Crippen LogP contribution in [0.15, 0.2) is 78.9 Å². The number of rotatable bonds is 7. The standard InChI is InChI=1S/C25H28N2O2/c1-28-25-13-6-5-12-24(25)26-21-14-16-27(17-15-21)19-20-8-7-11-23(18-20)29-22-9-3-2-4-10-22/h2-13,18,21,26H,14-17,19H2,1H3. The first-order chi connectivity index (χ1) is 14.3. The van der Waals surface area contributed by atoms with E-state index in [0.717, 1.165) is 55.4 Å². The molecule has 0 spiro atoms. The molecular formula is C25H28N2O2. The highest BCUT2D eigenvalue weighted by Gasteiger charge is 2.20. The summed E-state index contributed by atoms with van der Waals surface area (Å²) in [6.45, 7) is 3.11. The van der Waals surface area contributed by atoms with Crippen LogP contribution in [0.4, 0.5) is 5.69 Å². The third kappa shape index (κ3) is 5.30. The van der Waals surface area contributed by atoms with Crippen LogP contribution in [-0.4, -0.2) is 31.1 Å². The Bertz CT molecular complexity index is 905. The van der Waals surface area contributed by atoms with Gasteiger partial charge in [-0.05, 0) is 54.8 Å². The van der Waals surface area contributed by atoms with Crippen LogP contribution in [-0.2, 0) is 6.54 Å². The topological polar surface area (TPSA) is 33.7 Å². The molecule has 3 aromatic carbocycles. The van der Waals surface area contributed by atoms with Crippen LogP contribution in [0.1, 0.15) is 18.4 Å². The molecule has 0 radical (unpaired) electrons. The summed E-state index contributed by atoms with van der Waals surface area (Å²) in [5.41, 5.74) is 2.37. The number of methoxy groups -OCH3 is 1. The van der Waals surface area contributed by atoms with Crippen LogP contribution in [0, 0.1) is 0 Å². The number of likely N-dealkylation sites (tertiary alicyclic amines) is 1. The van der Waals surface area contributed by atoms with Gasteiger partial charge in [0, 0.05) is 25.7 Å². The molecule has 29 heavy (non-hydrogen) atoms. The number of anilines is 1. The third-order valence-electron chi connectivity index (χ3n) is 5.34. The van der Waals surface area contributed by atoms with Crippen molar-refractivity contribution in [1.29, 1.82) is 0 Å². The quantitative estimate of drug-likeness (QED) is 0.574. The molecule has 1 aliphatic heterocycles. The van der Waals surface area contributed by atoms with Gasteiger partial charge in [-0.1, -0.05) is 42.5 Å². The third-order valence-corrected chi connectivity index (χ3v) is 5.34. The number of benzene rings is 3. The Morgan fingerprint density at radius 1 is 0.862 bits per heavy atom. The van der Waals surface area contributed by atoms with Crippen LogP contribution in [0.3, 0.4) is 0 Å². The molecule has 4 rings (SSSR count). The van der Waals surface area contributed by atoms with Crippen LogP contribution in [0.2, 0.25) is 0 Å². The summed E-state index contributed by atoms with van der Waals surface area (Å²) in [6, 6.07) is 27.0. The first-order valence-corrected chi connectivity index (χ1v) is 10.2. The van der Waals surface area contributed by atoms with Crippen molar-refractivity contribution in [3.05, 3.63) is 84.4 Å². The zero-order chi connectivity index (χ0) is 19.9. The summed E-state index contributed by atoms with van der Waals surface area (Å²) >= 11 is 0. The summed E-state index contributed by atoms with van der Waals surface area (Å²) in [4.78, 5) is 2.52. The highest BCUT2D eigenvalue weighted by Crippen LogP contribution is 2.27. The predicted molar refractivity (Wildman–Crippen MR) is 118 cm³/mol. The highest BCUT2D eigenvalue weighted by atomic mass is 16.5. The van der Waals surface area contributed by atoms with E-state index in [1.165, 1.54) is 5.56 Å². The van der Waals surface area contributed by atoms with Crippen molar-refractivity contribution in [2.75, 3.05) is 25.5 Å². The molecule has 4 nitrogen and oxygen atoms in total. The van der Waals surface area contributed by atoms with E-state index in [0.29, 0.717) is 6.04 Å². The smallest absolute Gasteiger partial charge is 0.141 e. The van der Waals surface area contributed by atoms with E-state index < -0.39 is 0 Å². The van der Waals surface area contributed by atoms with E-state index in [-0.39, 0.29) is 0 Å². The molecule has 3 aromatic rings. The molecule has 0 amide bonds. The van der Waals surface area contributed by atoms with Gasteiger partial charge in [-0.3, -0.25) is 4.90 Å². The van der Waals surface area contributed by atoms with Gasteiger partial charge >= 0.3 is 0 Å². The van der Waals surface area contributed by atoms with Crippen LogP contribution >= 0.6 is 0 Å². The number of para-hydroxylation sites is 3. The van der Waals surface area contributed by atoms with Crippen molar-refractivity contribution in [1.82, 2.24) is 4.90 Å². The molecule has 0 bridgehead atoms. The monoisotopic (exact) mass is 388 g/mol. The number of ether oxygens (including phenoxy) is 2. The van der Waals surface area contributed by atoms with Crippen molar-refractivity contribution in [3.63, 3.8) is 0 Å². The maximum Gasteiger partial charge on any atom is 0.141 e. The molecule has 1 aliphatic rings. The van der Waals surface area contributed by atoms with Gasteiger partial charge in [0.05, 0.1) is 12.8 Å². The lowest BCUT2D eigenvalue weighted by Gasteiger charge is -2.33. The van der Waals surface area contributed by atoms with Crippen molar-refractivity contribution in [2.24, 2.45) is 0 Å². The van der Waals surface area contributed by atoms with Gasteiger partial charge in [0.1, 0.15) is 17.2 Å². The largest absolute Gasteiger partial charge is 0.495 e. The Morgan fingerprint density at radius 3 is 2.38 bits per heavy atom. The molecule has 0 atom stereocenters. The fourth-order valence-electron chi connectivity index (χ4n) is 3.81. The summed E-state index contributed by atoms with van der Waals surface area (Å²) in [6.07, 6.45) is 2.25. The zero-order valence-corrected chi connectivity index (χ0v) is 16.9. The average Bonchev–Trinajstić information content (AvgIpc) is 2.76. The van der Waals surface area contributed by atoms with E-state index in [1.54, 1.807) is 7.11 Å². The van der Waals surface area contributed by atoms with Gasteiger partial charge in [-0.25, -0.2) is 0 Å². The van der Waals surface area contributed by atoms with Gasteiger partial charge in [0.15, 0.2) is 0 Å². The van der Waals surface area contributed by atoms with Gasteiger partial charge in [0.2, 0.25) is 0 Å². The van der Waals surface area contributed by atoms with Crippen molar-refractivity contribution in [2.45, 2.75) is 25.4 Å². The number of hydrogen-bond donors (Lipinski definition) is 1. The number of nitrogens with zero attached hydrogens (tertiary/aromatic N) is 1. The molecule has 1 N–H and O–H groups in total. The Balaban J connectivity index is 1.30. The minimum atomic E-state index is 0.482. The van der Waals surface area contributed by atoms with Gasteiger partial charge in [0.25, 0.3) is 0 Å². The van der Waals surface area contributed by atoms with E-state index >= 15 is 0 Å². The minimum absolute atomic E-state index is 0.482. The molecule has 0 saturated carbocycles. The molecule has 0 unspecified atom stereocenters. The molecule has 150 valence electrons. The number of hydrogen-bond acceptors (Lipinski definition) is 4. The molecule has 0 aliphatic carbocycles. The summed E-state index contributed by atoms with van der Waals surface area (Å²) in [5, 5.41) is 3.65. The van der Waals surface area contributed by atoms with Crippen molar-refractivity contribution < 1.29 is 9.47 Å². The first-order valence-electron chi connectivity index (χ1n) is 10.2. The molecule has 1 heterocycles. The second-order valence-electron chi connectivity index (χ2n) is 7.46. The molecular weight excluding hydrogens is 360 g/mol. The fourth-order valence-corrected chi connectivity index (χ4v) is 3.81. The lowest BCUT2D eigenvalue weighted by molar-refractivity contribution is 0.211. The van der Waals surface area contributed by atoms with Gasteiger partial charge < -0.3 is 14.8 Å². The lowest BCUT2D eigenvalue weighted by Crippen LogP contribution is -2.38. The van der Waals surface area contributed by atoms with Crippen molar-refractivity contribution in [3.8, 4) is 17.2 Å². The van der Waals surface area contributed by atoms with Crippen LogP contribution in [0.25, 0.3) is 0 Å². The van der Waals surface area contributed by atoms with Gasteiger partial charge in [-0.15, -0.1) is 0 Å². The van der Waals surface area contributed by atoms with Crippen molar-refractivity contribution >= 4 is 5.69 Å². The summed E-state index contributed by atoms with van der Waals surface area (Å²) in [7, 11) is 1.72. The van der Waals surface area contributed by atoms with Crippen LogP contribution in [0.5, 0.6) is 17.2 Å². The predicted octanol–water partition coefficient (Wildman–Crippen LogP) is 5.56. The first kappa shape index (κ1) is 19.3. The molecule has 0 aromatic heterocycles. The van der Waals surface area contributed by atoms with E-state index in [2.05, 4.69) is 34.5 Å². The SMILES string of the molecule is COc1ccccc1NC1CCN(Cc2cccc(Oc3ccccc3)c2)CC1. The Kier molecular flexibility index (Phi) is 6.32. The molecule has 1 saturated heterocycles. The Labute approximate surface area is 173 Å². The average molecular weight is 389 g/mol. The van der Waals surface area contributed by atoms with E-state index in [1.807, 2.05) is 54.6 Å². The lowest BCUT2D eigenvalue weighted by atomic mass is 10.0. The Hall–Kier alpha value is -2.98. The maximum atomic E-state index is 5.97. The van der Waals surface area contributed by atoms with E-state index in [4.69, 9.17) is 9.47 Å². The van der Waals surface area contributed by atoms with E-state index in [9.17, 15) is 0 Å². The summed E-state index contributed by atoms with van der Waals surface area (Å²) < 4.78 is 11.4. The number of nitrogens with one attached hydrogen (secondary N) is 1. The second-order valence-corrected chi connectivity index (χ2v) is 7.46. The second kappa shape index (κ2) is 9.48. The molecule has 4 heteroatoms. The maximum absolute atomic E-state index is 5.97. The highest BCUT2D eigenvalue weighted by molar-refractivity contribution is 5.56. The Morgan fingerprint density at radius 2 is 1.59 bits per heavy atom. The normalized spacial score (nSPS) is 15.1. The zero-order valence-electron chi connectivity index (χ0n) is 16.9. The fraction of sp³-hybridized carbons (Fsp3) is 0.280. The number of piperidine rings is 1. The summed E-state index contributed by atoms with van der Waals surface area (Å²) in [5.74, 6) is 2.67.